The summed E-state index contributed by atoms with van der Waals surface area (Å²) in [6, 6.07) is 5.27. The lowest BCUT2D eigenvalue weighted by Gasteiger charge is -2.09. The minimum Gasteiger partial charge on any atom is -0.494 e. The third kappa shape index (κ3) is 4.99. The van der Waals surface area contributed by atoms with E-state index < -0.39 is 16.8 Å². The molecule has 1 aromatic carbocycles. The Morgan fingerprint density at radius 2 is 2.12 bits per heavy atom. The van der Waals surface area contributed by atoms with Gasteiger partial charge in [-0.25, -0.2) is 0 Å². The summed E-state index contributed by atoms with van der Waals surface area (Å²) in [5, 5.41) is 24.6. The van der Waals surface area contributed by atoms with Gasteiger partial charge in [0.05, 0.1) is 30.9 Å². The number of methoxy groups -OCH3 is 2. The number of carbonyl (C=O) groups excluding carboxylic acids is 2. The quantitative estimate of drug-likeness (QED) is 0.244. The molecule has 0 spiro atoms. The number of hydrogen-bond donors (Lipinski definition) is 2. The molecule has 0 saturated heterocycles. The zero-order valence-corrected chi connectivity index (χ0v) is 12.9. The first-order valence-corrected chi connectivity index (χ1v) is 6.47. The zero-order chi connectivity index (χ0) is 18.1. The van der Waals surface area contributed by atoms with Crippen molar-refractivity contribution in [1.29, 1.82) is 5.26 Å². The normalized spacial score (nSPS) is 10.3. The average Bonchev–Trinajstić information content (AvgIpc) is 2.58. The van der Waals surface area contributed by atoms with Crippen molar-refractivity contribution in [3.8, 4) is 11.8 Å². The molecule has 0 aliphatic rings. The van der Waals surface area contributed by atoms with E-state index in [-0.39, 0.29) is 29.2 Å². The summed E-state index contributed by atoms with van der Waals surface area (Å²) in [7, 11) is 2.49. The van der Waals surface area contributed by atoms with Crippen LogP contribution in [-0.2, 0) is 14.3 Å². The van der Waals surface area contributed by atoms with E-state index in [0.29, 0.717) is 0 Å². The molecule has 10 nitrogen and oxygen atoms in total. The molecule has 0 radical (unpaired) electrons. The van der Waals surface area contributed by atoms with Gasteiger partial charge in [-0.3, -0.25) is 19.7 Å². The minimum absolute atomic E-state index is 0.0670. The number of esters is 1. The first kappa shape index (κ1) is 18.4. The number of nitrogens with one attached hydrogen (secondary N) is 2. The third-order valence-electron chi connectivity index (χ3n) is 2.73. The van der Waals surface area contributed by atoms with Crippen molar-refractivity contribution >= 4 is 23.3 Å². The van der Waals surface area contributed by atoms with Crippen molar-refractivity contribution in [3.05, 3.63) is 40.1 Å². The second kappa shape index (κ2) is 8.74. The summed E-state index contributed by atoms with van der Waals surface area (Å²) in [5.41, 5.74) is -0.359. The Morgan fingerprint density at radius 1 is 1.42 bits per heavy atom. The molecule has 0 saturated carbocycles. The van der Waals surface area contributed by atoms with E-state index in [2.05, 4.69) is 15.4 Å². The molecule has 1 rings (SSSR count). The van der Waals surface area contributed by atoms with Crippen molar-refractivity contribution in [3.63, 3.8) is 0 Å². The van der Waals surface area contributed by atoms with E-state index >= 15 is 0 Å². The van der Waals surface area contributed by atoms with Crippen LogP contribution < -0.4 is 15.4 Å². The molecular formula is C14H14N4O6. The fourth-order valence-corrected chi connectivity index (χ4v) is 1.54. The molecule has 1 aromatic rings. The Morgan fingerprint density at radius 3 is 2.67 bits per heavy atom. The summed E-state index contributed by atoms with van der Waals surface area (Å²) in [5.74, 6) is -1.28. The van der Waals surface area contributed by atoms with Gasteiger partial charge < -0.3 is 20.1 Å². The summed E-state index contributed by atoms with van der Waals surface area (Å²) >= 11 is 0. The molecule has 0 aromatic heterocycles. The van der Waals surface area contributed by atoms with Crippen LogP contribution in [0.3, 0.4) is 0 Å². The van der Waals surface area contributed by atoms with Gasteiger partial charge in [-0.1, -0.05) is 0 Å². The number of nitro groups is 1. The summed E-state index contributed by atoms with van der Waals surface area (Å²) in [6.07, 6.45) is 1.06. The number of nitro benzene ring substituents is 1. The molecule has 0 bridgehead atoms. The van der Waals surface area contributed by atoms with Crippen LogP contribution in [0.4, 0.5) is 11.4 Å². The van der Waals surface area contributed by atoms with Gasteiger partial charge in [-0.15, -0.1) is 0 Å². The minimum atomic E-state index is -0.776. The van der Waals surface area contributed by atoms with E-state index in [1.807, 2.05) is 0 Å². The van der Waals surface area contributed by atoms with Gasteiger partial charge in [-0.05, 0) is 6.07 Å². The van der Waals surface area contributed by atoms with Gasteiger partial charge in [0.1, 0.15) is 23.9 Å². The standard InChI is InChI=1S/C14H14N4O6/c1-23-12-5-10(18(21)22)3-4-11(12)17-14(20)9(6-15)7-16-8-13(19)24-2/h3-5,7,16H,8H2,1-2H3,(H,17,20)/b9-7-. The van der Waals surface area contributed by atoms with E-state index in [1.165, 1.54) is 26.4 Å². The predicted octanol–water partition coefficient (Wildman–Crippen LogP) is 0.712. The fourth-order valence-electron chi connectivity index (χ4n) is 1.54. The number of nitrogens with zero attached hydrogens (tertiary/aromatic N) is 2. The molecule has 0 fully saturated rings. The van der Waals surface area contributed by atoms with Crippen LogP contribution in [0.25, 0.3) is 0 Å². The maximum Gasteiger partial charge on any atom is 0.325 e. The SMILES string of the molecule is COC(=O)CN/C=C(/C#N)C(=O)Nc1ccc([N+](=O)[O-])cc1OC. The number of hydrogen-bond acceptors (Lipinski definition) is 8. The maximum absolute atomic E-state index is 12.0. The first-order chi connectivity index (χ1) is 11.4. The molecule has 0 heterocycles. The summed E-state index contributed by atoms with van der Waals surface area (Å²) < 4.78 is 9.38. The van der Waals surface area contributed by atoms with Gasteiger partial charge in [-0.2, -0.15) is 5.26 Å². The number of non-ortho nitro benzene ring substituents is 1. The number of anilines is 1. The maximum atomic E-state index is 12.0. The van der Waals surface area contributed by atoms with Gasteiger partial charge in [0.25, 0.3) is 11.6 Å². The highest BCUT2D eigenvalue weighted by molar-refractivity contribution is 6.07. The van der Waals surface area contributed by atoms with Gasteiger partial charge >= 0.3 is 5.97 Å². The van der Waals surface area contributed by atoms with E-state index in [0.717, 1.165) is 12.3 Å². The highest BCUT2D eigenvalue weighted by Gasteiger charge is 2.15. The number of amides is 1. The highest BCUT2D eigenvalue weighted by Crippen LogP contribution is 2.29. The first-order valence-electron chi connectivity index (χ1n) is 6.47. The van der Waals surface area contributed by atoms with Crippen molar-refractivity contribution in [2.24, 2.45) is 0 Å². The Bertz CT molecular complexity index is 722. The van der Waals surface area contributed by atoms with Crippen LogP contribution in [0.1, 0.15) is 0 Å². The van der Waals surface area contributed by atoms with Crippen LogP contribution in [-0.4, -0.2) is 37.6 Å². The van der Waals surface area contributed by atoms with E-state index in [1.54, 1.807) is 6.07 Å². The van der Waals surface area contributed by atoms with Crippen LogP contribution >= 0.6 is 0 Å². The smallest absolute Gasteiger partial charge is 0.325 e. The van der Waals surface area contributed by atoms with Crippen molar-refractivity contribution in [2.45, 2.75) is 0 Å². The molecular weight excluding hydrogens is 320 g/mol. The topological polar surface area (TPSA) is 144 Å². The van der Waals surface area contributed by atoms with Crippen molar-refractivity contribution in [2.75, 3.05) is 26.1 Å². The van der Waals surface area contributed by atoms with Crippen LogP contribution in [0, 0.1) is 21.4 Å². The number of carbonyl (C=O) groups is 2. The second-order valence-corrected chi connectivity index (χ2v) is 4.22. The summed E-state index contributed by atoms with van der Waals surface area (Å²) in [6.45, 7) is -0.212. The van der Waals surface area contributed by atoms with Gasteiger partial charge in [0, 0.05) is 12.3 Å². The predicted molar refractivity (Wildman–Crippen MR) is 82.0 cm³/mol. The molecule has 126 valence electrons. The highest BCUT2D eigenvalue weighted by atomic mass is 16.6. The molecule has 24 heavy (non-hydrogen) atoms. The van der Waals surface area contributed by atoms with E-state index in [9.17, 15) is 19.7 Å². The Kier molecular flexibility index (Phi) is 6.72. The number of nitriles is 1. The second-order valence-electron chi connectivity index (χ2n) is 4.22. The average molecular weight is 334 g/mol. The number of rotatable bonds is 7. The fraction of sp³-hybridized carbons (Fsp3) is 0.214. The molecule has 1 amide bonds. The van der Waals surface area contributed by atoms with Crippen LogP contribution in [0.2, 0.25) is 0 Å². The van der Waals surface area contributed by atoms with Crippen LogP contribution in [0.5, 0.6) is 5.75 Å². The molecule has 2 N–H and O–H groups in total. The number of benzene rings is 1. The molecule has 10 heteroatoms. The molecule has 0 aliphatic heterocycles. The molecule has 0 atom stereocenters. The lowest BCUT2D eigenvalue weighted by molar-refractivity contribution is -0.384. The van der Waals surface area contributed by atoms with Crippen molar-refractivity contribution in [1.82, 2.24) is 5.32 Å². The largest absolute Gasteiger partial charge is 0.494 e. The monoisotopic (exact) mass is 334 g/mol. The Balaban J connectivity index is 2.89. The number of ether oxygens (including phenoxy) is 2. The lowest BCUT2D eigenvalue weighted by atomic mass is 10.2. The molecule has 0 unspecified atom stereocenters. The van der Waals surface area contributed by atoms with Gasteiger partial charge in [0.2, 0.25) is 0 Å². The Labute approximate surface area is 136 Å². The molecule has 0 aliphatic carbocycles. The van der Waals surface area contributed by atoms with Gasteiger partial charge in [0.15, 0.2) is 0 Å². The van der Waals surface area contributed by atoms with E-state index in [4.69, 9.17) is 10.00 Å². The third-order valence-corrected chi connectivity index (χ3v) is 2.73. The van der Waals surface area contributed by atoms with Crippen molar-refractivity contribution < 1.29 is 24.0 Å². The Hall–Kier alpha value is -3.61. The zero-order valence-electron chi connectivity index (χ0n) is 12.9. The lowest BCUT2D eigenvalue weighted by Crippen LogP contribution is -2.22. The summed E-state index contributed by atoms with van der Waals surface area (Å²) in [4.78, 5) is 33.1. The van der Waals surface area contributed by atoms with Crippen LogP contribution in [0.15, 0.2) is 30.0 Å².